The molecule has 3 rings (SSSR count). The third-order valence-corrected chi connectivity index (χ3v) is 5.53. The largest absolute Gasteiger partial charge is 0.330 e. The Kier molecular flexibility index (Phi) is 4.49. The molecule has 0 bridgehead atoms. The predicted octanol–water partition coefficient (Wildman–Crippen LogP) is 4.02. The number of nitrogens with two attached hydrogens (primary N) is 1. The highest BCUT2D eigenvalue weighted by molar-refractivity contribution is 9.10. The molecular formula is C17H25BrN2. The average molecular weight is 337 g/mol. The second kappa shape index (κ2) is 6.17. The maximum absolute atomic E-state index is 6.12. The van der Waals surface area contributed by atoms with Crippen LogP contribution in [0, 0.1) is 12.8 Å². The number of rotatable bonds is 3. The smallest absolute Gasteiger partial charge is 0.0402 e. The summed E-state index contributed by atoms with van der Waals surface area (Å²) in [6, 6.07) is 8.11. The van der Waals surface area contributed by atoms with Gasteiger partial charge in [0.15, 0.2) is 0 Å². The van der Waals surface area contributed by atoms with Crippen LogP contribution in [0.15, 0.2) is 22.7 Å². The third kappa shape index (κ3) is 2.95. The van der Waals surface area contributed by atoms with Gasteiger partial charge in [-0.05, 0) is 68.8 Å². The van der Waals surface area contributed by atoms with Crippen LogP contribution in [-0.2, 0) is 0 Å². The van der Waals surface area contributed by atoms with Crippen molar-refractivity contribution in [2.45, 2.75) is 51.1 Å². The lowest BCUT2D eigenvalue weighted by Gasteiger charge is -2.36. The molecule has 1 aromatic rings. The zero-order chi connectivity index (χ0) is 14.1. The first kappa shape index (κ1) is 14.6. The first-order chi connectivity index (χ1) is 9.70. The molecule has 2 atom stereocenters. The molecule has 20 heavy (non-hydrogen) atoms. The van der Waals surface area contributed by atoms with E-state index < -0.39 is 0 Å². The van der Waals surface area contributed by atoms with Crippen LogP contribution in [0.1, 0.15) is 49.3 Å². The van der Waals surface area contributed by atoms with Crippen LogP contribution < -0.4 is 5.73 Å². The highest BCUT2D eigenvalue weighted by Gasteiger charge is 2.39. The molecule has 2 aliphatic rings. The van der Waals surface area contributed by atoms with Crippen molar-refractivity contribution in [2.75, 3.05) is 13.1 Å². The van der Waals surface area contributed by atoms with Crippen LogP contribution in [-0.4, -0.2) is 24.0 Å². The lowest BCUT2D eigenvalue weighted by molar-refractivity contribution is 0.148. The van der Waals surface area contributed by atoms with Gasteiger partial charge < -0.3 is 5.73 Å². The normalized spacial score (nSPS) is 28.4. The molecule has 0 aromatic heterocycles. The second-order valence-corrected chi connectivity index (χ2v) is 7.28. The second-order valence-electron chi connectivity index (χ2n) is 6.43. The summed E-state index contributed by atoms with van der Waals surface area (Å²) in [5.74, 6) is 0.595. The van der Waals surface area contributed by atoms with Gasteiger partial charge in [0.1, 0.15) is 0 Å². The SMILES string of the molecule is Cc1ccc(C2C(CN)CCCCN2C2CC2)c(Br)c1. The van der Waals surface area contributed by atoms with Crippen molar-refractivity contribution in [2.24, 2.45) is 11.7 Å². The molecule has 3 heteroatoms. The number of likely N-dealkylation sites (tertiary alicyclic amines) is 1. The van der Waals surface area contributed by atoms with Gasteiger partial charge in [-0.25, -0.2) is 0 Å². The highest BCUT2D eigenvalue weighted by atomic mass is 79.9. The van der Waals surface area contributed by atoms with Gasteiger partial charge in [0.05, 0.1) is 0 Å². The van der Waals surface area contributed by atoms with E-state index in [4.69, 9.17) is 5.73 Å². The van der Waals surface area contributed by atoms with Crippen LogP contribution in [0.4, 0.5) is 0 Å². The first-order valence-corrected chi connectivity index (χ1v) is 8.72. The maximum atomic E-state index is 6.12. The fourth-order valence-electron chi connectivity index (χ4n) is 3.64. The lowest BCUT2D eigenvalue weighted by atomic mass is 9.88. The molecule has 1 aliphatic carbocycles. The quantitative estimate of drug-likeness (QED) is 0.903. The van der Waals surface area contributed by atoms with Gasteiger partial charge in [0.2, 0.25) is 0 Å². The van der Waals surface area contributed by atoms with Crippen LogP contribution in [0.3, 0.4) is 0 Å². The van der Waals surface area contributed by atoms with E-state index in [0.717, 1.165) is 12.6 Å². The zero-order valence-electron chi connectivity index (χ0n) is 12.3. The molecule has 1 aliphatic heterocycles. The molecule has 1 aromatic carbocycles. The van der Waals surface area contributed by atoms with E-state index in [2.05, 4.69) is 46.0 Å². The average Bonchev–Trinajstić information content (AvgIpc) is 3.24. The maximum Gasteiger partial charge on any atom is 0.0402 e. The minimum absolute atomic E-state index is 0.505. The number of halogens is 1. The summed E-state index contributed by atoms with van der Waals surface area (Å²) >= 11 is 3.79. The Morgan fingerprint density at radius 2 is 2.05 bits per heavy atom. The molecule has 0 amide bonds. The van der Waals surface area contributed by atoms with E-state index in [9.17, 15) is 0 Å². The van der Waals surface area contributed by atoms with Crippen LogP contribution in [0.25, 0.3) is 0 Å². The number of nitrogens with zero attached hydrogens (tertiary/aromatic N) is 1. The Labute approximate surface area is 130 Å². The summed E-state index contributed by atoms with van der Waals surface area (Å²) in [4.78, 5) is 2.75. The van der Waals surface area contributed by atoms with E-state index in [1.807, 2.05) is 0 Å². The van der Waals surface area contributed by atoms with Gasteiger partial charge in [0.25, 0.3) is 0 Å². The third-order valence-electron chi connectivity index (χ3n) is 4.84. The summed E-state index contributed by atoms with van der Waals surface area (Å²) in [5.41, 5.74) is 8.88. The van der Waals surface area contributed by atoms with Crippen molar-refractivity contribution < 1.29 is 0 Å². The summed E-state index contributed by atoms with van der Waals surface area (Å²) in [6.07, 6.45) is 6.66. The molecule has 1 heterocycles. The molecule has 1 saturated heterocycles. The van der Waals surface area contributed by atoms with Crippen LogP contribution in [0.5, 0.6) is 0 Å². The summed E-state index contributed by atoms with van der Waals surface area (Å²) < 4.78 is 1.26. The number of aryl methyl sites for hydroxylation is 1. The van der Waals surface area contributed by atoms with Crippen molar-refractivity contribution in [1.29, 1.82) is 0 Å². The fourth-order valence-corrected chi connectivity index (χ4v) is 4.36. The minimum Gasteiger partial charge on any atom is -0.330 e. The fraction of sp³-hybridized carbons (Fsp3) is 0.647. The number of benzene rings is 1. The van der Waals surface area contributed by atoms with Crippen molar-refractivity contribution in [3.8, 4) is 0 Å². The Morgan fingerprint density at radius 3 is 2.70 bits per heavy atom. The topological polar surface area (TPSA) is 29.3 Å². The predicted molar refractivity (Wildman–Crippen MR) is 87.7 cm³/mol. The zero-order valence-corrected chi connectivity index (χ0v) is 13.9. The van der Waals surface area contributed by atoms with Crippen molar-refractivity contribution >= 4 is 15.9 Å². The summed E-state index contributed by atoms with van der Waals surface area (Å²) in [6.45, 7) is 4.20. The standard InChI is InChI=1S/C17H25BrN2/c1-12-5-8-15(16(18)10-12)17-13(11-19)4-2-3-9-20(17)14-6-7-14/h5,8,10,13-14,17H,2-4,6-7,9,11,19H2,1H3. The van der Waals surface area contributed by atoms with E-state index in [0.29, 0.717) is 12.0 Å². The van der Waals surface area contributed by atoms with E-state index in [1.54, 1.807) is 0 Å². The molecule has 110 valence electrons. The molecule has 0 radical (unpaired) electrons. The van der Waals surface area contributed by atoms with Gasteiger partial charge in [0, 0.05) is 16.6 Å². The Hall–Kier alpha value is -0.380. The van der Waals surface area contributed by atoms with Crippen molar-refractivity contribution in [1.82, 2.24) is 4.90 Å². The van der Waals surface area contributed by atoms with Gasteiger partial charge >= 0.3 is 0 Å². The highest BCUT2D eigenvalue weighted by Crippen LogP contribution is 2.43. The van der Waals surface area contributed by atoms with Crippen LogP contribution in [0.2, 0.25) is 0 Å². The van der Waals surface area contributed by atoms with Crippen molar-refractivity contribution in [3.05, 3.63) is 33.8 Å². The van der Waals surface area contributed by atoms with Gasteiger partial charge in [-0.3, -0.25) is 4.90 Å². The van der Waals surface area contributed by atoms with Gasteiger partial charge in [-0.15, -0.1) is 0 Å². The van der Waals surface area contributed by atoms with E-state index in [-0.39, 0.29) is 0 Å². The molecule has 2 unspecified atom stereocenters. The monoisotopic (exact) mass is 336 g/mol. The van der Waals surface area contributed by atoms with E-state index in [1.165, 1.54) is 54.2 Å². The molecule has 2 N–H and O–H groups in total. The molecule has 2 nitrogen and oxygen atoms in total. The molecule has 2 fully saturated rings. The summed E-state index contributed by atoms with van der Waals surface area (Å²) in [7, 11) is 0. The van der Waals surface area contributed by atoms with Crippen LogP contribution >= 0.6 is 15.9 Å². The first-order valence-electron chi connectivity index (χ1n) is 7.92. The Balaban J connectivity index is 1.98. The summed E-state index contributed by atoms with van der Waals surface area (Å²) in [5, 5.41) is 0. The molecular weight excluding hydrogens is 312 g/mol. The Morgan fingerprint density at radius 1 is 1.25 bits per heavy atom. The Bertz CT molecular complexity index is 470. The molecule has 1 saturated carbocycles. The number of hydrogen-bond donors (Lipinski definition) is 1. The van der Waals surface area contributed by atoms with Gasteiger partial charge in [-0.2, -0.15) is 0 Å². The van der Waals surface area contributed by atoms with Gasteiger partial charge in [-0.1, -0.05) is 34.5 Å². The van der Waals surface area contributed by atoms with Crippen molar-refractivity contribution in [3.63, 3.8) is 0 Å². The molecule has 0 spiro atoms. The minimum atomic E-state index is 0.505. The number of hydrogen-bond acceptors (Lipinski definition) is 2. The van der Waals surface area contributed by atoms with E-state index >= 15 is 0 Å². The lowest BCUT2D eigenvalue weighted by Crippen LogP contribution is -2.37.